The van der Waals surface area contributed by atoms with Gasteiger partial charge in [-0.15, -0.1) is 0 Å². The van der Waals surface area contributed by atoms with Crippen molar-refractivity contribution in [3.63, 3.8) is 0 Å². The minimum atomic E-state index is -0.413. The maximum atomic E-state index is 12.0. The van der Waals surface area contributed by atoms with Crippen LogP contribution in [0.4, 0.5) is 4.79 Å². The first-order chi connectivity index (χ1) is 9.83. The van der Waals surface area contributed by atoms with Gasteiger partial charge in [-0.2, -0.15) is 0 Å². The smallest absolute Gasteiger partial charge is 0.410 e. The van der Waals surface area contributed by atoms with Crippen LogP contribution in [0.2, 0.25) is 0 Å². The van der Waals surface area contributed by atoms with Crippen molar-refractivity contribution in [3.05, 3.63) is 0 Å². The zero-order valence-electron chi connectivity index (χ0n) is 15.7. The second kappa shape index (κ2) is 11.8. The maximum Gasteiger partial charge on any atom is 0.410 e. The molecule has 1 amide bonds. The van der Waals surface area contributed by atoms with Gasteiger partial charge in [-0.1, -0.05) is 34.6 Å². The molecule has 1 aliphatic rings. The van der Waals surface area contributed by atoms with Gasteiger partial charge in [-0.05, 0) is 52.6 Å². The van der Waals surface area contributed by atoms with Crippen molar-refractivity contribution in [1.82, 2.24) is 10.2 Å². The van der Waals surface area contributed by atoms with E-state index < -0.39 is 5.60 Å². The van der Waals surface area contributed by atoms with E-state index in [4.69, 9.17) is 4.74 Å². The number of amides is 1. The van der Waals surface area contributed by atoms with Crippen LogP contribution in [-0.2, 0) is 4.74 Å². The molecule has 0 spiro atoms. The molecule has 1 N–H and O–H groups in total. The van der Waals surface area contributed by atoms with Crippen LogP contribution in [0, 0.1) is 11.8 Å². The molecule has 4 nitrogen and oxygen atoms in total. The Morgan fingerprint density at radius 2 is 1.71 bits per heavy atom. The van der Waals surface area contributed by atoms with Gasteiger partial charge >= 0.3 is 6.09 Å². The number of carbonyl (C=O) groups is 1. The van der Waals surface area contributed by atoms with E-state index in [2.05, 4.69) is 12.2 Å². The predicted octanol–water partition coefficient (Wildman–Crippen LogP) is 4.15. The summed E-state index contributed by atoms with van der Waals surface area (Å²) in [5.74, 6) is 1.17. The first kappa shape index (κ1) is 22.5. The molecule has 1 heterocycles. The SMILES string of the molecule is CC.CC.CCN(CC1CNCC1C)C(=O)OC(C)(C)C. The summed E-state index contributed by atoms with van der Waals surface area (Å²) in [6.45, 7) is 21.5. The Bertz CT molecular complexity index is 262. The molecule has 128 valence electrons. The molecule has 0 bridgehead atoms. The molecule has 2 atom stereocenters. The number of nitrogens with one attached hydrogen (secondary N) is 1. The highest BCUT2D eigenvalue weighted by molar-refractivity contribution is 5.68. The largest absolute Gasteiger partial charge is 0.444 e. The van der Waals surface area contributed by atoms with E-state index in [-0.39, 0.29) is 6.09 Å². The normalized spacial score (nSPS) is 20.6. The summed E-state index contributed by atoms with van der Waals surface area (Å²) in [6, 6.07) is 0. The zero-order chi connectivity index (χ0) is 17.1. The highest BCUT2D eigenvalue weighted by atomic mass is 16.6. The molecular weight excluding hydrogens is 264 g/mol. The fourth-order valence-electron chi connectivity index (χ4n) is 2.05. The second-order valence-electron chi connectivity index (χ2n) is 5.91. The van der Waals surface area contributed by atoms with Crippen molar-refractivity contribution < 1.29 is 9.53 Å². The molecule has 1 aliphatic heterocycles. The van der Waals surface area contributed by atoms with E-state index in [1.54, 1.807) is 4.90 Å². The Morgan fingerprint density at radius 1 is 1.19 bits per heavy atom. The van der Waals surface area contributed by atoms with Crippen LogP contribution in [0.15, 0.2) is 0 Å². The summed E-state index contributed by atoms with van der Waals surface area (Å²) in [6.07, 6.45) is -0.195. The van der Waals surface area contributed by atoms with Crippen LogP contribution in [-0.4, -0.2) is 42.8 Å². The fourth-order valence-corrected chi connectivity index (χ4v) is 2.05. The number of ether oxygens (including phenoxy) is 1. The average molecular weight is 303 g/mol. The molecule has 0 aliphatic carbocycles. The van der Waals surface area contributed by atoms with Crippen molar-refractivity contribution in [2.24, 2.45) is 11.8 Å². The first-order valence-electron chi connectivity index (χ1n) is 8.52. The highest BCUT2D eigenvalue weighted by Gasteiger charge is 2.28. The molecular formula is C17H38N2O2. The van der Waals surface area contributed by atoms with Gasteiger partial charge in [0.15, 0.2) is 0 Å². The Hall–Kier alpha value is -0.770. The average Bonchev–Trinajstić information content (AvgIpc) is 2.84. The zero-order valence-corrected chi connectivity index (χ0v) is 15.7. The van der Waals surface area contributed by atoms with E-state index in [1.165, 1.54) is 0 Å². The predicted molar refractivity (Wildman–Crippen MR) is 91.7 cm³/mol. The van der Waals surface area contributed by atoms with Gasteiger partial charge in [0.05, 0.1) is 0 Å². The lowest BCUT2D eigenvalue weighted by molar-refractivity contribution is 0.0226. The van der Waals surface area contributed by atoms with Gasteiger partial charge < -0.3 is 15.0 Å². The van der Waals surface area contributed by atoms with Crippen LogP contribution in [0.5, 0.6) is 0 Å². The number of rotatable bonds is 3. The highest BCUT2D eigenvalue weighted by Crippen LogP contribution is 2.18. The maximum absolute atomic E-state index is 12.0. The Balaban J connectivity index is 0. The molecule has 1 rings (SSSR count). The topological polar surface area (TPSA) is 41.6 Å². The Labute approximate surface area is 132 Å². The van der Waals surface area contributed by atoms with Gasteiger partial charge in [0.1, 0.15) is 5.60 Å². The van der Waals surface area contributed by atoms with Crippen molar-refractivity contribution >= 4 is 6.09 Å². The van der Waals surface area contributed by atoms with Crippen molar-refractivity contribution in [1.29, 1.82) is 0 Å². The minimum Gasteiger partial charge on any atom is -0.444 e. The third kappa shape index (κ3) is 9.72. The van der Waals surface area contributed by atoms with Crippen LogP contribution in [0.25, 0.3) is 0 Å². The molecule has 21 heavy (non-hydrogen) atoms. The van der Waals surface area contributed by atoms with Crippen LogP contribution >= 0.6 is 0 Å². The number of hydrogen-bond acceptors (Lipinski definition) is 3. The van der Waals surface area contributed by atoms with Crippen molar-refractivity contribution in [2.45, 2.75) is 67.9 Å². The van der Waals surface area contributed by atoms with Gasteiger partial charge in [0.25, 0.3) is 0 Å². The number of hydrogen-bond donors (Lipinski definition) is 1. The number of carbonyl (C=O) groups excluding carboxylic acids is 1. The lowest BCUT2D eigenvalue weighted by Gasteiger charge is -2.29. The second-order valence-corrected chi connectivity index (χ2v) is 5.91. The van der Waals surface area contributed by atoms with E-state index >= 15 is 0 Å². The van der Waals surface area contributed by atoms with Crippen LogP contribution < -0.4 is 5.32 Å². The summed E-state index contributed by atoms with van der Waals surface area (Å²) in [5.41, 5.74) is -0.413. The Morgan fingerprint density at radius 3 is 2.05 bits per heavy atom. The summed E-state index contributed by atoms with van der Waals surface area (Å²) < 4.78 is 5.40. The molecule has 0 aromatic heterocycles. The van der Waals surface area contributed by atoms with E-state index in [0.717, 1.165) is 19.6 Å². The van der Waals surface area contributed by atoms with Gasteiger partial charge in [-0.25, -0.2) is 4.79 Å². The summed E-state index contributed by atoms with van der Waals surface area (Å²) in [7, 11) is 0. The molecule has 1 saturated heterocycles. The molecule has 1 fully saturated rings. The van der Waals surface area contributed by atoms with Crippen molar-refractivity contribution in [3.8, 4) is 0 Å². The van der Waals surface area contributed by atoms with Gasteiger partial charge in [0, 0.05) is 13.1 Å². The van der Waals surface area contributed by atoms with E-state index in [1.807, 2.05) is 55.4 Å². The molecule has 0 aromatic rings. The summed E-state index contributed by atoms with van der Waals surface area (Å²) in [4.78, 5) is 13.8. The first-order valence-corrected chi connectivity index (χ1v) is 8.52. The van der Waals surface area contributed by atoms with Gasteiger partial charge in [0.2, 0.25) is 0 Å². The third-order valence-corrected chi connectivity index (χ3v) is 3.17. The molecule has 4 heteroatoms. The summed E-state index contributed by atoms with van der Waals surface area (Å²) >= 11 is 0. The molecule has 2 unspecified atom stereocenters. The van der Waals surface area contributed by atoms with Crippen LogP contribution in [0.1, 0.15) is 62.3 Å². The van der Waals surface area contributed by atoms with Crippen LogP contribution in [0.3, 0.4) is 0 Å². The Kier molecular flexibility index (Phi) is 12.7. The van der Waals surface area contributed by atoms with Crippen molar-refractivity contribution in [2.75, 3.05) is 26.2 Å². The molecule has 0 saturated carbocycles. The third-order valence-electron chi connectivity index (χ3n) is 3.17. The van der Waals surface area contributed by atoms with E-state index in [9.17, 15) is 4.79 Å². The summed E-state index contributed by atoms with van der Waals surface area (Å²) in [5, 5.41) is 3.36. The molecule has 0 radical (unpaired) electrons. The van der Waals surface area contributed by atoms with Gasteiger partial charge in [-0.3, -0.25) is 0 Å². The fraction of sp³-hybridized carbons (Fsp3) is 0.941. The standard InChI is InChI=1S/C13H26N2O2.2C2H6/c1-6-15(12(16)17-13(3,4)5)9-11-8-14-7-10(11)2;2*1-2/h10-11,14H,6-9H2,1-5H3;2*1-2H3. The number of nitrogens with zero attached hydrogens (tertiary/aromatic N) is 1. The monoisotopic (exact) mass is 302 g/mol. The molecule has 0 aromatic carbocycles. The minimum absolute atomic E-state index is 0.195. The lowest BCUT2D eigenvalue weighted by atomic mass is 9.98. The quantitative estimate of drug-likeness (QED) is 0.851. The van der Waals surface area contributed by atoms with E-state index in [0.29, 0.717) is 18.4 Å². The lowest BCUT2D eigenvalue weighted by Crippen LogP contribution is -2.40.